The number of nitrogens with zero attached hydrogens (tertiary/aromatic N) is 2. The predicted molar refractivity (Wildman–Crippen MR) is 103 cm³/mol. The number of carbonyl (C=O) groups is 1. The summed E-state index contributed by atoms with van der Waals surface area (Å²) < 4.78 is 0. The largest absolute Gasteiger partial charge is 0.355 e. The Hall–Kier alpha value is -3.65. The molecular formula is C21H18N4O. The average Bonchev–Trinajstić information content (AvgIpc) is 2.61. The lowest BCUT2D eigenvalue weighted by molar-refractivity contribution is 0.102. The molecule has 1 heterocycles. The van der Waals surface area contributed by atoms with E-state index in [0.29, 0.717) is 11.3 Å². The highest BCUT2D eigenvalue weighted by Gasteiger charge is 2.11. The molecule has 0 unspecified atom stereocenters. The van der Waals surface area contributed by atoms with Crippen LogP contribution in [-0.2, 0) is 0 Å². The van der Waals surface area contributed by atoms with Crippen LogP contribution in [0.4, 0.5) is 17.1 Å². The molecule has 3 aromatic rings. The highest BCUT2D eigenvalue weighted by Crippen LogP contribution is 2.20. The van der Waals surface area contributed by atoms with Gasteiger partial charge in [0.2, 0.25) is 0 Å². The average molecular weight is 342 g/mol. The SMILES string of the molecule is Cc1cc(C)cc(Nc2ccnc(C(=O)Nc3ccccc3C#N)c2)c1. The minimum absolute atomic E-state index is 0.270. The number of rotatable bonds is 4. The molecule has 5 nitrogen and oxygen atoms in total. The molecule has 128 valence electrons. The van der Waals surface area contributed by atoms with Crippen molar-refractivity contribution in [1.29, 1.82) is 5.26 Å². The van der Waals surface area contributed by atoms with Gasteiger partial charge in [-0.15, -0.1) is 0 Å². The van der Waals surface area contributed by atoms with Gasteiger partial charge in [-0.1, -0.05) is 18.2 Å². The molecule has 0 fully saturated rings. The quantitative estimate of drug-likeness (QED) is 0.728. The van der Waals surface area contributed by atoms with Crippen molar-refractivity contribution < 1.29 is 4.79 Å². The van der Waals surface area contributed by atoms with Crippen molar-refractivity contribution in [2.75, 3.05) is 10.6 Å². The minimum Gasteiger partial charge on any atom is -0.355 e. The third kappa shape index (κ3) is 4.05. The summed E-state index contributed by atoms with van der Waals surface area (Å²) in [5.74, 6) is -0.364. The summed E-state index contributed by atoms with van der Waals surface area (Å²) in [7, 11) is 0. The van der Waals surface area contributed by atoms with E-state index in [4.69, 9.17) is 5.26 Å². The molecule has 1 amide bonds. The van der Waals surface area contributed by atoms with Gasteiger partial charge in [0.1, 0.15) is 11.8 Å². The van der Waals surface area contributed by atoms with Gasteiger partial charge in [-0.05, 0) is 61.4 Å². The molecule has 0 atom stereocenters. The first-order valence-corrected chi connectivity index (χ1v) is 8.17. The van der Waals surface area contributed by atoms with E-state index in [9.17, 15) is 4.79 Å². The zero-order valence-electron chi connectivity index (χ0n) is 14.6. The molecule has 26 heavy (non-hydrogen) atoms. The van der Waals surface area contributed by atoms with Gasteiger partial charge >= 0.3 is 0 Å². The molecule has 0 aliphatic carbocycles. The van der Waals surface area contributed by atoms with Gasteiger partial charge in [0.05, 0.1) is 11.3 Å². The van der Waals surface area contributed by atoms with Crippen LogP contribution >= 0.6 is 0 Å². The Morgan fingerprint density at radius 2 is 1.73 bits per heavy atom. The number of aryl methyl sites for hydroxylation is 2. The second kappa shape index (κ2) is 7.49. The molecule has 5 heteroatoms. The Bertz CT molecular complexity index is 985. The highest BCUT2D eigenvalue weighted by atomic mass is 16.1. The number of carbonyl (C=O) groups excluding carboxylic acids is 1. The predicted octanol–water partition coefficient (Wildman–Crippen LogP) is 4.57. The summed E-state index contributed by atoms with van der Waals surface area (Å²) in [5, 5.41) is 15.2. The molecule has 2 N–H and O–H groups in total. The van der Waals surface area contributed by atoms with Gasteiger partial charge in [0, 0.05) is 17.6 Å². The van der Waals surface area contributed by atoms with E-state index in [1.807, 2.05) is 26.0 Å². The van der Waals surface area contributed by atoms with Gasteiger partial charge in [0.25, 0.3) is 5.91 Å². The lowest BCUT2D eigenvalue weighted by Crippen LogP contribution is -2.14. The van der Waals surface area contributed by atoms with E-state index in [2.05, 4.69) is 27.8 Å². The molecule has 0 bridgehead atoms. The van der Waals surface area contributed by atoms with Gasteiger partial charge in [-0.3, -0.25) is 9.78 Å². The molecule has 0 radical (unpaired) electrons. The van der Waals surface area contributed by atoms with E-state index in [0.717, 1.165) is 22.5 Å². The van der Waals surface area contributed by atoms with E-state index >= 15 is 0 Å². The Morgan fingerprint density at radius 1 is 1.00 bits per heavy atom. The summed E-state index contributed by atoms with van der Waals surface area (Å²) in [6.07, 6.45) is 1.58. The third-order valence-electron chi connectivity index (χ3n) is 3.80. The fourth-order valence-electron chi connectivity index (χ4n) is 2.72. The summed E-state index contributed by atoms with van der Waals surface area (Å²) in [5.41, 5.74) is 5.19. The molecular weight excluding hydrogens is 324 g/mol. The van der Waals surface area contributed by atoms with Crippen LogP contribution in [0.3, 0.4) is 0 Å². The third-order valence-corrected chi connectivity index (χ3v) is 3.80. The first kappa shape index (κ1) is 17.2. The summed E-state index contributed by atoms with van der Waals surface area (Å²) in [6, 6.07) is 18.6. The maximum absolute atomic E-state index is 12.5. The van der Waals surface area contributed by atoms with Crippen molar-refractivity contribution in [3.63, 3.8) is 0 Å². The number of hydrogen-bond donors (Lipinski definition) is 2. The number of aromatic nitrogens is 1. The van der Waals surface area contributed by atoms with Crippen molar-refractivity contribution in [3.8, 4) is 6.07 Å². The number of pyridine rings is 1. The fraction of sp³-hybridized carbons (Fsp3) is 0.0952. The number of anilines is 3. The van der Waals surface area contributed by atoms with Crippen LogP contribution in [0.2, 0.25) is 0 Å². The van der Waals surface area contributed by atoms with E-state index in [1.54, 1.807) is 42.6 Å². The van der Waals surface area contributed by atoms with Crippen molar-refractivity contribution in [2.45, 2.75) is 13.8 Å². The van der Waals surface area contributed by atoms with Crippen molar-refractivity contribution >= 4 is 23.0 Å². The Balaban J connectivity index is 1.80. The maximum Gasteiger partial charge on any atom is 0.274 e. The minimum atomic E-state index is -0.364. The Labute approximate surface area is 152 Å². The van der Waals surface area contributed by atoms with Crippen molar-refractivity contribution in [1.82, 2.24) is 4.98 Å². The van der Waals surface area contributed by atoms with Crippen molar-refractivity contribution in [3.05, 3.63) is 83.2 Å². The van der Waals surface area contributed by atoms with Crippen LogP contribution in [0.1, 0.15) is 27.2 Å². The van der Waals surface area contributed by atoms with Gasteiger partial charge in [0.15, 0.2) is 0 Å². The number of nitrogens with one attached hydrogen (secondary N) is 2. The molecule has 2 aromatic carbocycles. The second-order valence-electron chi connectivity index (χ2n) is 6.04. The molecule has 0 saturated carbocycles. The lowest BCUT2D eigenvalue weighted by atomic mass is 10.1. The van der Waals surface area contributed by atoms with Crippen LogP contribution in [0.25, 0.3) is 0 Å². The molecule has 0 aliphatic heterocycles. The topological polar surface area (TPSA) is 77.8 Å². The summed E-state index contributed by atoms with van der Waals surface area (Å²) in [6.45, 7) is 4.08. The normalized spacial score (nSPS) is 10.0. The Morgan fingerprint density at radius 3 is 2.46 bits per heavy atom. The summed E-state index contributed by atoms with van der Waals surface area (Å²) in [4.78, 5) is 16.6. The van der Waals surface area contributed by atoms with E-state index in [-0.39, 0.29) is 11.6 Å². The van der Waals surface area contributed by atoms with Crippen LogP contribution in [0, 0.1) is 25.2 Å². The molecule has 3 rings (SSSR count). The molecule has 0 aliphatic rings. The van der Waals surface area contributed by atoms with Gasteiger partial charge in [-0.2, -0.15) is 5.26 Å². The highest BCUT2D eigenvalue weighted by molar-refractivity contribution is 6.04. The number of para-hydroxylation sites is 1. The lowest BCUT2D eigenvalue weighted by Gasteiger charge is -2.10. The maximum atomic E-state index is 12.5. The van der Waals surface area contributed by atoms with Crippen molar-refractivity contribution in [2.24, 2.45) is 0 Å². The van der Waals surface area contributed by atoms with Crippen LogP contribution < -0.4 is 10.6 Å². The Kier molecular flexibility index (Phi) is 4.95. The van der Waals surface area contributed by atoms with Crippen LogP contribution in [0.15, 0.2) is 60.8 Å². The van der Waals surface area contributed by atoms with Gasteiger partial charge in [-0.25, -0.2) is 0 Å². The van der Waals surface area contributed by atoms with Gasteiger partial charge < -0.3 is 10.6 Å². The van der Waals surface area contributed by atoms with Crippen LogP contribution in [0.5, 0.6) is 0 Å². The molecule has 1 aromatic heterocycles. The fourth-order valence-corrected chi connectivity index (χ4v) is 2.72. The second-order valence-corrected chi connectivity index (χ2v) is 6.04. The van der Waals surface area contributed by atoms with E-state index in [1.165, 1.54) is 0 Å². The zero-order chi connectivity index (χ0) is 18.5. The number of amides is 1. The number of hydrogen-bond acceptors (Lipinski definition) is 4. The van der Waals surface area contributed by atoms with Crippen LogP contribution in [-0.4, -0.2) is 10.9 Å². The monoisotopic (exact) mass is 342 g/mol. The first-order chi connectivity index (χ1) is 12.5. The molecule has 0 saturated heterocycles. The van der Waals surface area contributed by atoms with E-state index < -0.39 is 0 Å². The summed E-state index contributed by atoms with van der Waals surface area (Å²) >= 11 is 0. The smallest absolute Gasteiger partial charge is 0.274 e. The molecule has 0 spiro atoms. The first-order valence-electron chi connectivity index (χ1n) is 8.17. The number of nitriles is 1. The standard InChI is InChI=1S/C21H18N4O/c1-14-9-15(2)11-18(10-14)24-17-7-8-23-20(12-17)21(26)25-19-6-4-3-5-16(19)13-22/h3-12H,1-2H3,(H,23,24)(H,25,26). The number of benzene rings is 2. The zero-order valence-corrected chi connectivity index (χ0v) is 14.6.